The van der Waals surface area contributed by atoms with E-state index >= 15 is 0 Å². The van der Waals surface area contributed by atoms with E-state index in [1.54, 1.807) is 41.1 Å². The highest BCUT2D eigenvalue weighted by Crippen LogP contribution is 2.30. The molecule has 176 valence electrons. The Balaban J connectivity index is 1.55. The normalized spacial score (nSPS) is 15.5. The van der Waals surface area contributed by atoms with Crippen LogP contribution in [0.15, 0.2) is 55.1 Å². The number of nitrogens with zero attached hydrogens (tertiary/aromatic N) is 2. The summed E-state index contributed by atoms with van der Waals surface area (Å²) in [6.45, 7) is 4.40. The van der Waals surface area contributed by atoms with E-state index in [1.165, 1.54) is 13.2 Å². The molecule has 0 radical (unpaired) electrons. The van der Waals surface area contributed by atoms with Crippen LogP contribution >= 0.6 is 0 Å². The Morgan fingerprint density at radius 1 is 1.21 bits per heavy atom. The molecule has 1 saturated heterocycles. The number of ether oxygens (including phenoxy) is 2. The number of benzene rings is 2. The van der Waals surface area contributed by atoms with Gasteiger partial charge in [0, 0.05) is 29.8 Å². The van der Waals surface area contributed by atoms with Crippen molar-refractivity contribution in [3.8, 4) is 0 Å². The topological polar surface area (TPSA) is 112 Å². The van der Waals surface area contributed by atoms with Gasteiger partial charge in [-0.25, -0.2) is 9.48 Å². The Morgan fingerprint density at radius 2 is 2.00 bits per heavy atom. The smallest absolute Gasteiger partial charge is 0.359 e. The van der Waals surface area contributed by atoms with Gasteiger partial charge in [0.1, 0.15) is 0 Å². The molecule has 1 aliphatic rings. The molecule has 9 heteroatoms. The van der Waals surface area contributed by atoms with E-state index in [4.69, 9.17) is 9.47 Å². The van der Waals surface area contributed by atoms with Crippen LogP contribution in [0.25, 0.3) is 10.9 Å². The van der Waals surface area contributed by atoms with Crippen LogP contribution in [0.5, 0.6) is 0 Å². The Bertz CT molecular complexity index is 1230. The first-order valence-corrected chi connectivity index (χ1v) is 11.0. The van der Waals surface area contributed by atoms with E-state index in [1.807, 2.05) is 6.07 Å². The van der Waals surface area contributed by atoms with E-state index in [2.05, 4.69) is 22.3 Å². The van der Waals surface area contributed by atoms with Crippen molar-refractivity contribution in [2.75, 3.05) is 19.0 Å². The van der Waals surface area contributed by atoms with E-state index in [-0.39, 0.29) is 23.7 Å². The molecule has 0 aliphatic carbocycles. The largest absolute Gasteiger partial charge is 0.464 e. The molecule has 3 aromatic rings. The molecule has 1 aromatic heterocycles. The van der Waals surface area contributed by atoms with Crippen molar-refractivity contribution in [3.63, 3.8) is 0 Å². The fourth-order valence-electron chi connectivity index (χ4n) is 3.84. The summed E-state index contributed by atoms with van der Waals surface area (Å²) in [4.78, 5) is 36.4. The van der Waals surface area contributed by atoms with Gasteiger partial charge in [-0.15, -0.1) is 0 Å². The van der Waals surface area contributed by atoms with E-state index < -0.39 is 5.97 Å². The predicted molar refractivity (Wildman–Crippen MR) is 126 cm³/mol. The Hall–Kier alpha value is -3.98. The summed E-state index contributed by atoms with van der Waals surface area (Å²) in [6.07, 6.45) is 3.79. The van der Waals surface area contributed by atoms with Crippen LogP contribution in [0.4, 0.5) is 5.69 Å². The minimum Gasteiger partial charge on any atom is -0.464 e. The van der Waals surface area contributed by atoms with Crippen LogP contribution in [-0.2, 0) is 20.8 Å². The van der Waals surface area contributed by atoms with Crippen LogP contribution in [0.2, 0.25) is 0 Å². The molecule has 0 spiro atoms. The molecular formula is C25H26N4O5. The number of hydrogen-bond acceptors (Lipinski definition) is 6. The van der Waals surface area contributed by atoms with Gasteiger partial charge in [0.15, 0.2) is 11.9 Å². The molecule has 9 nitrogen and oxygen atoms in total. The minimum atomic E-state index is -0.554. The van der Waals surface area contributed by atoms with E-state index in [0.29, 0.717) is 29.8 Å². The second kappa shape index (κ2) is 10.3. The fourth-order valence-corrected chi connectivity index (χ4v) is 3.84. The molecule has 4 rings (SSSR count). The number of carbonyl (C=O) groups excluding carboxylic acids is 3. The molecule has 1 atom stereocenters. The molecule has 34 heavy (non-hydrogen) atoms. The predicted octanol–water partition coefficient (Wildman–Crippen LogP) is 3.58. The summed E-state index contributed by atoms with van der Waals surface area (Å²) in [5.74, 6) is -1.12. The van der Waals surface area contributed by atoms with E-state index in [0.717, 1.165) is 30.3 Å². The van der Waals surface area contributed by atoms with Crippen molar-refractivity contribution in [3.05, 3.63) is 71.9 Å². The molecule has 1 unspecified atom stereocenters. The third-order valence-electron chi connectivity index (χ3n) is 5.64. The Labute approximate surface area is 196 Å². The first kappa shape index (κ1) is 23.2. The number of nitrogens with one attached hydrogen (secondary N) is 2. The van der Waals surface area contributed by atoms with Gasteiger partial charge in [0.05, 0.1) is 12.6 Å². The van der Waals surface area contributed by atoms with Gasteiger partial charge >= 0.3 is 5.97 Å². The van der Waals surface area contributed by atoms with Crippen LogP contribution in [0.1, 0.15) is 51.9 Å². The SMILES string of the molecule is C=CC(=O)NCc1ccc(C(=O)Nc2ccc3c(c2)c(C(=O)OC)nn3C2CCCCO2)cc1. The molecular weight excluding hydrogens is 436 g/mol. The van der Waals surface area contributed by atoms with Crippen molar-refractivity contribution >= 4 is 34.4 Å². The molecule has 1 aliphatic heterocycles. The van der Waals surface area contributed by atoms with Crippen LogP contribution < -0.4 is 10.6 Å². The minimum absolute atomic E-state index is 0.175. The summed E-state index contributed by atoms with van der Waals surface area (Å²) in [6, 6.07) is 12.2. The molecule has 2 N–H and O–H groups in total. The maximum absolute atomic E-state index is 12.8. The average Bonchev–Trinajstić information content (AvgIpc) is 3.26. The van der Waals surface area contributed by atoms with Gasteiger partial charge in [-0.1, -0.05) is 18.7 Å². The van der Waals surface area contributed by atoms with Crippen molar-refractivity contribution in [1.29, 1.82) is 0 Å². The van der Waals surface area contributed by atoms with Gasteiger partial charge < -0.3 is 20.1 Å². The van der Waals surface area contributed by atoms with E-state index in [9.17, 15) is 14.4 Å². The number of amides is 2. The first-order chi connectivity index (χ1) is 16.5. The summed E-state index contributed by atoms with van der Waals surface area (Å²) in [5.41, 5.74) is 2.74. The lowest BCUT2D eigenvalue weighted by molar-refractivity contribution is -0.116. The van der Waals surface area contributed by atoms with Gasteiger partial charge in [0.2, 0.25) is 5.91 Å². The highest BCUT2D eigenvalue weighted by atomic mass is 16.5. The summed E-state index contributed by atoms with van der Waals surface area (Å²) in [7, 11) is 1.31. The first-order valence-electron chi connectivity index (χ1n) is 11.0. The number of hydrogen-bond donors (Lipinski definition) is 2. The molecule has 1 fully saturated rings. The molecule has 2 aromatic carbocycles. The lowest BCUT2D eigenvalue weighted by Crippen LogP contribution is -2.20. The number of carbonyl (C=O) groups is 3. The highest BCUT2D eigenvalue weighted by Gasteiger charge is 2.24. The van der Waals surface area contributed by atoms with Gasteiger partial charge in [-0.2, -0.15) is 5.10 Å². The number of anilines is 1. The van der Waals surface area contributed by atoms with Crippen LogP contribution in [0.3, 0.4) is 0 Å². The number of methoxy groups -OCH3 is 1. The number of fused-ring (bicyclic) bond motifs is 1. The fraction of sp³-hybridized carbons (Fsp3) is 0.280. The van der Waals surface area contributed by atoms with Crippen molar-refractivity contribution in [2.45, 2.75) is 32.0 Å². The standard InChI is InChI=1S/C25H26N4O5/c1-3-21(30)26-15-16-7-9-17(10-8-16)24(31)27-18-11-12-20-19(14-18)23(25(32)33-2)28-29(20)22-6-4-5-13-34-22/h3,7-12,14,22H,1,4-6,13,15H2,2H3,(H,26,30)(H,27,31). The third-order valence-corrected chi connectivity index (χ3v) is 5.64. The number of rotatable bonds is 7. The zero-order valence-electron chi connectivity index (χ0n) is 18.9. The molecule has 2 heterocycles. The quantitative estimate of drug-likeness (QED) is 0.410. The Kier molecular flexibility index (Phi) is 7.03. The maximum Gasteiger partial charge on any atom is 0.359 e. The number of esters is 1. The lowest BCUT2D eigenvalue weighted by Gasteiger charge is -2.23. The summed E-state index contributed by atoms with van der Waals surface area (Å²) >= 11 is 0. The van der Waals surface area contributed by atoms with Crippen LogP contribution in [0, 0.1) is 0 Å². The zero-order chi connectivity index (χ0) is 24.1. The van der Waals surface area contributed by atoms with Crippen LogP contribution in [-0.4, -0.2) is 41.3 Å². The van der Waals surface area contributed by atoms with Crippen molar-refractivity contribution < 1.29 is 23.9 Å². The maximum atomic E-state index is 12.8. The third kappa shape index (κ3) is 4.99. The molecule has 0 saturated carbocycles. The van der Waals surface area contributed by atoms with Gasteiger partial charge in [-0.3, -0.25) is 9.59 Å². The summed E-state index contributed by atoms with van der Waals surface area (Å²) < 4.78 is 12.5. The summed E-state index contributed by atoms with van der Waals surface area (Å²) in [5, 5.41) is 10.6. The highest BCUT2D eigenvalue weighted by molar-refractivity contribution is 6.07. The van der Waals surface area contributed by atoms with Gasteiger partial charge in [0.25, 0.3) is 5.91 Å². The van der Waals surface area contributed by atoms with Crippen molar-refractivity contribution in [1.82, 2.24) is 15.1 Å². The second-order valence-electron chi connectivity index (χ2n) is 7.91. The average molecular weight is 463 g/mol. The number of aromatic nitrogens is 2. The monoisotopic (exact) mass is 462 g/mol. The lowest BCUT2D eigenvalue weighted by atomic mass is 10.1. The Morgan fingerprint density at radius 3 is 2.68 bits per heavy atom. The zero-order valence-corrected chi connectivity index (χ0v) is 18.9. The van der Waals surface area contributed by atoms with Gasteiger partial charge in [-0.05, 0) is 61.2 Å². The second-order valence-corrected chi connectivity index (χ2v) is 7.91. The van der Waals surface area contributed by atoms with Crippen molar-refractivity contribution in [2.24, 2.45) is 0 Å². The molecule has 0 bridgehead atoms. The molecule has 2 amide bonds.